The molecule has 1 unspecified atom stereocenters. The maximum atomic E-state index is 13.5. The molecule has 2 aromatic carbocycles. The van der Waals surface area contributed by atoms with Crippen molar-refractivity contribution in [2.45, 2.75) is 11.8 Å². The predicted octanol–water partition coefficient (Wildman–Crippen LogP) is 4.26. The molecule has 0 bridgehead atoms. The number of halogens is 4. The fourth-order valence-electron chi connectivity index (χ4n) is 2.02. The third-order valence-corrected chi connectivity index (χ3v) is 3.71. The van der Waals surface area contributed by atoms with E-state index in [1.165, 1.54) is 55.6 Å². The van der Waals surface area contributed by atoms with Gasteiger partial charge in [0.2, 0.25) is 5.60 Å². The van der Waals surface area contributed by atoms with E-state index in [0.29, 0.717) is 10.2 Å². The van der Waals surface area contributed by atoms with E-state index in [-0.39, 0.29) is 11.1 Å². The highest BCUT2D eigenvalue weighted by molar-refractivity contribution is 9.10. The van der Waals surface area contributed by atoms with Crippen LogP contribution in [0.25, 0.3) is 0 Å². The number of alkyl halides is 3. The minimum absolute atomic E-state index is 0.247. The molecule has 0 radical (unpaired) electrons. The predicted molar refractivity (Wildman–Crippen MR) is 76.2 cm³/mol. The molecule has 2 nitrogen and oxygen atoms in total. The van der Waals surface area contributed by atoms with Gasteiger partial charge >= 0.3 is 6.18 Å². The van der Waals surface area contributed by atoms with E-state index in [2.05, 4.69) is 15.9 Å². The first-order valence-corrected chi connectivity index (χ1v) is 6.78. The molecule has 21 heavy (non-hydrogen) atoms. The van der Waals surface area contributed by atoms with E-state index < -0.39 is 11.8 Å². The minimum Gasteiger partial charge on any atom is -0.497 e. The summed E-state index contributed by atoms with van der Waals surface area (Å²) >= 11 is 3.16. The van der Waals surface area contributed by atoms with Crippen LogP contribution in [0.3, 0.4) is 0 Å². The first-order chi connectivity index (χ1) is 9.79. The van der Waals surface area contributed by atoms with E-state index in [1.807, 2.05) is 0 Å². The van der Waals surface area contributed by atoms with E-state index in [4.69, 9.17) is 4.74 Å². The van der Waals surface area contributed by atoms with E-state index in [1.54, 1.807) is 0 Å². The zero-order valence-electron chi connectivity index (χ0n) is 11.0. The van der Waals surface area contributed by atoms with Crippen LogP contribution in [0.15, 0.2) is 53.0 Å². The number of methoxy groups -OCH3 is 1. The van der Waals surface area contributed by atoms with Gasteiger partial charge in [0, 0.05) is 4.47 Å². The minimum atomic E-state index is -4.85. The maximum Gasteiger partial charge on any atom is 0.425 e. The lowest BCUT2D eigenvalue weighted by Crippen LogP contribution is -2.43. The molecule has 2 rings (SSSR count). The molecule has 0 amide bonds. The largest absolute Gasteiger partial charge is 0.497 e. The van der Waals surface area contributed by atoms with Gasteiger partial charge in [-0.3, -0.25) is 0 Å². The third kappa shape index (κ3) is 2.91. The Morgan fingerprint density at radius 1 is 0.905 bits per heavy atom. The molecule has 0 aliphatic carbocycles. The van der Waals surface area contributed by atoms with Crippen molar-refractivity contribution in [2.24, 2.45) is 0 Å². The average Bonchev–Trinajstić information content (AvgIpc) is 2.46. The SMILES string of the molecule is COc1ccc(C(O)(c2ccc(Br)cc2)C(F)(F)F)cc1. The van der Waals surface area contributed by atoms with Gasteiger partial charge in [-0.1, -0.05) is 40.2 Å². The van der Waals surface area contributed by atoms with Gasteiger partial charge in [-0.05, 0) is 35.4 Å². The van der Waals surface area contributed by atoms with Gasteiger partial charge in [0.1, 0.15) is 5.75 Å². The highest BCUT2D eigenvalue weighted by Crippen LogP contribution is 2.44. The van der Waals surface area contributed by atoms with Gasteiger partial charge in [-0.2, -0.15) is 13.2 Å². The number of aliphatic hydroxyl groups is 1. The molecular weight excluding hydrogens is 349 g/mol. The highest BCUT2D eigenvalue weighted by atomic mass is 79.9. The van der Waals surface area contributed by atoms with Crippen molar-refractivity contribution in [1.82, 2.24) is 0 Å². The quantitative estimate of drug-likeness (QED) is 0.886. The number of hydrogen-bond donors (Lipinski definition) is 1. The van der Waals surface area contributed by atoms with Crippen LogP contribution in [-0.4, -0.2) is 18.4 Å². The molecule has 0 heterocycles. The fraction of sp³-hybridized carbons (Fsp3) is 0.200. The molecule has 6 heteroatoms. The van der Waals surface area contributed by atoms with E-state index >= 15 is 0 Å². The topological polar surface area (TPSA) is 29.5 Å². The van der Waals surface area contributed by atoms with Crippen molar-refractivity contribution in [2.75, 3.05) is 7.11 Å². The Bertz CT molecular complexity index is 608. The Kier molecular flexibility index (Phi) is 4.30. The molecule has 1 atom stereocenters. The van der Waals surface area contributed by atoms with Gasteiger partial charge < -0.3 is 9.84 Å². The average molecular weight is 361 g/mol. The van der Waals surface area contributed by atoms with Crippen LogP contribution < -0.4 is 4.74 Å². The van der Waals surface area contributed by atoms with Crippen LogP contribution in [0.1, 0.15) is 11.1 Å². The van der Waals surface area contributed by atoms with E-state index in [0.717, 1.165) is 0 Å². The van der Waals surface area contributed by atoms with Crippen molar-refractivity contribution in [3.63, 3.8) is 0 Å². The Labute approximate surface area is 128 Å². The van der Waals surface area contributed by atoms with Crippen molar-refractivity contribution >= 4 is 15.9 Å². The second-order valence-electron chi connectivity index (χ2n) is 4.44. The molecule has 0 saturated carbocycles. The fourth-order valence-corrected chi connectivity index (χ4v) is 2.28. The van der Waals surface area contributed by atoms with Gasteiger partial charge in [-0.15, -0.1) is 0 Å². The maximum absolute atomic E-state index is 13.5. The monoisotopic (exact) mass is 360 g/mol. The molecule has 0 aliphatic heterocycles. The smallest absolute Gasteiger partial charge is 0.425 e. The normalized spacial score (nSPS) is 14.6. The zero-order valence-corrected chi connectivity index (χ0v) is 12.6. The third-order valence-electron chi connectivity index (χ3n) is 3.18. The van der Waals surface area contributed by atoms with Crippen LogP contribution in [-0.2, 0) is 5.60 Å². The van der Waals surface area contributed by atoms with E-state index in [9.17, 15) is 18.3 Å². The lowest BCUT2D eigenvalue weighted by atomic mass is 9.85. The summed E-state index contributed by atoms with van der Waals surface area (Å²) in [4.78, 5) is 0. The molecule has 1 N–H and O–H groups in total. The van der Waals surface area contributed by atoms with Crippen LogP contribution in [0.2, 0.25) is 0 Å². The molecule has 0 aromatic heterocycles. The Balaban J connectivity index is 2.58. The summed E-state index contributed by atoms with van der Waals surface area (Å²) in [6.45, 7) is 0. The standard InChI is InChI=1S/C15H12BrF3O2/c1-21-13-8-4-11(5-9-13)14(20,15(17,18)19)10-2-6-12(16)7-3-10/h2-9,20H,1H3. The molecule has 0 fully saturated rings. The van der Waals surface area contributed by atoms with Gasteiger partial charge in [0.05, 0.1) is 7.11 Å². The lowest BCUT2D eigenvalue weighted by Gasteiger charge is -2.31. The summed E-state index contributed by atoms with van der Waals surface area (Å²) in [6, 6.07) is 10.5. The van der Waals surface area contributed by atoms with Crippen molar-refractivity contribution in [3.8, 4) is 5.75 Å². The van der Waals surface area contributed by atoms with Crippen LogP contribution in [0.5, 0.6) is 5.75 Å². The van der Waals surface area contributed by atoms with Crippen molar-refractivity contribution in [1.29, 1.82) is 0 Å². The van der Waals surface area contributed by atoms with Gasteiger partial charge in [0.15, 0.2) is 0 Å². The summed E-state index contributed by atoms with van der Waals surface area (Å²) in [5, 5.41) is 10.4. The number of ether oxygens (including phenoxy) is 1. The number of hydrogen-bond acceptors (Lipinski definition) is 2. The summed E-state index contributed by atoms with van der Waals surface area (Å²) < 4.78 is 45.9. The van der Waals surface area contributed by atoms with Gasteiger partial charge in [0.25, 0.3) is 0 Å². The van der Waals surface area contributed by atoms with Gasteiger partial charge in [-0.25, -0.2) is 0 Å². The summed E-state index contributed by atoms with van der Waals surface area (Å²) in [7, 11) is 1.42. The molecular formula is C15H12BrF3O2. The summed E-state index contributed by atoms with van der Waals surface area (Å²) in [5.74, 6) is 0.416. The molecule has 0 spiro atoms. The summed E-state index contributed by atoms with van der Waals surface area (Å²) in [5.41, 5.74) is -3.58. The van der Waals surface area contributed by atoms with Crippen molar-refractivity contribution < 1.29 is 23.0 Å². The second kappa shape index (κ2) is 5.69. The van der Waals surface area contributed by atoms with Crippen molar-refractivity contribution in [3.05, 3.63) is 64.1 Å². The Morgan fingerprint density at radius 3 is 1.71 bits per heavy atom. The van der Waals surface area contributed by atoms with Crippen LogP contribution in [0.4, 0.5) is 13.2 Å². The van der Waals surface area contributed by atoms with Crippen LogP contribution >= 0.6 is 15.9 Å². The second-order valence-corrected chi connectivity index (χ2v) is 5.36. The highest BCUT2D eigenvalue weighted by Gasteiger charge is 2.56. The number of rotatable bonds is 3. The first-order valence-electron chi connectivity index (χ1n) is 5.98. The first kappa shape index (κ1) is 15.9. The lowest BCUT2D eigenvalue weighted by molar-refractivity contribution is -0.248. The van der Waals surface area contributed by atoms with Crippen LogP contribution in [0, 0.1) is 0 Å². The number of benzene rings is 2. The molecule has 2 aromatic rings. The Hall–Kier alpha value is -1.53. The molecule has 0 aliphatic rings. The summed E-state index contributed by atoms with van der Waals surface area (Å²) in [6.07, 6.45) is -4.85. The zero-order chi connectivity index (χ0) is 15.7. The molecule has 112 valence electrons. The molecule has 0 saturated heterocycles. The Morgan fingerprint density at radius 2 is 1.33 bits per heavy atom.